The molecule has 0 radical (unpaired) electrons. The molecule has 2 aliphatic heterocycles. The molecule has 2 aromatic rings. The Morgan fingerprint density at radius 3 is 2.56 bits per heavy atom. The first-order valence-corrected chi connectivity index (χ1v) is 13.8. The van der Waals surface area contributed by atoms with Crippen molar-refractivity contribution < 1.29 is 29.0 Å². The number of amides is 2. The molecule has 1 saturated heterocycles. The third kappa shape index (κ3) is 5.68. The number of esters is 1. The second kappa shape index (κ2) is 12.0. The number of carbonyl (C=O) groups is 3. The van der Waals surface area contributed by atoms with Gasteiger partial charge in [-0.15, -0.1) is 11.3 Å². The minimum Gasteiger partial charge on any atom is -0.457 e. The van der Waals surface area contributed by atoms with E-state index in [-0.39, 0.29) is 42.6 Å². The second-order valence-electron chi connectivity index (χ2n) is 8.92. The minimum absolute atomic E-state index is 0.0155. The molecule has 4 rings (SSSR count). The summed E-state index contributed by atoms with van der Waals surface area (Å²) in [6, 6.07) is 6.64. The van der Waals surface area contributed by atoms with Gasteiger partial charge in [-0.1, -0.05) is 68.3 Å². The van der Waals surface area contributed by atoms with E-state index < -0.39 is 24.1 Å². The number of aliphatic hydroxyl groups excluding tert-OH is 1. The highest BCUT2D eigenvalue weighted by atomic mass is 32.2. The molecule has 3 heterocycles. The van der Waals surface area contributed by atoms with Crippen LogP contribution in [0, 0.1) is 17.2 Å². The van der Waals surface area contributed by atoms with Crippen molar-refractivity contribution in [3.05, 3.63) is 71.1 Å². The van der Waals surface area contributed by atoms with Crippen molar-refractivity contribution >= 4 is 46.9 Å². The molecule has 3 N–H and O–H groups in total. The number of carbonyl (C=O) groups excluding carboxylic acids is 3. The number of ether oxygens (including phenoxy) is 2. The largest absolute Gasteiger partial charge is 0.457 e. The SMILES string of the molecule is C=CCOC(=O)NC(=N)c1ccc(-c2csc(SC3=C(C(=O)OCC=C)N4C(=O)[C@H]([C@@H](C)O)[C@H]4[C@H]3C)n2)cc1. The third-order valence-electron chi connectivity index (χ3n) is 6.34. The molecule has 4 atom stereocenters. The summed E-state index contributed by atoms with van der Waals surface area (Å²) in [5.74, 6) is -1.78. The van der Waals surface area contributed by atoms with Crippen molar-refractivity contribution in [3.63, 3.8) is 0 Å². The normalized spacial score (nSPS) is 20.5. The molecule has 1 aromatic heterocycles. The number of amidine groups is 1. The molecule has 10 nitrogen and oxygen atoms in total. The van der Waals surface area contributed by atoms with Crippen LogP contribution in [0.15, 0.2) is 69.9 Å². The molecule has 0 spiro atoms. The Kier molecular flexibility index (Phi) is 8.68. The highest BCUT2D eigenvalue weighted by molar-refractivity contribution is 8.04. The number of thiazole rings is 1. The highest BCUT2D eigenvalue weighted by Gasteiger charge is 2.60. The zero-order valence-corrected chi connectivity index (χ0v) is 23.0. The Hall–Kier alpha value is -3.74. The van der Waals surface area contributed by atoms with Crippen molar-refractivity contribution in [1.82, 2.24) is 15.2 Å². The average Bonchev–Trinajstić information content (AvgIpc) is 3.47. The van der Waals surface area contributed by atoms with Crippen LogP contribution in [0.3, 0.4) is 0 Å². The van der Waals surface area contributed by atoms with Gasteiger partial charge < -0.3 is 19.5 Å². The van der Waals surface area contributed by atoms with E-state index in [9.17, 15) is 19.5 Å². The monoisotopic (exact) mass is 568 g/mol. The molecule has 204 valence electrons. The van der Waals surface area contributed by atoms with Gasteiger partial charge in [-0.3, -0.25) is 15.5 Å². The molecule has 0 unspecified atom stereocenters. The van der Waals surface area contributed by atoms with Crippen molar-refractivity contribution in [2.75, 3.05) is 13.2 Å². The van der Waals surface area contributed by atoms with E-state index in [0.29, 0.717) is 20.5 Å². The van der Waals surface area contributed by atoms with Crippen LogP contribution in [0.1, 0.15) is 19.4 Å². The molecule has 1 aromatic carbocycles. The number of thioether (sulfide) groups is 1. The highest BCUT2D eigenvalue weighted by Crippen LogP contribution is 2.52. The van der Waals surface area contributed by atoms with Crippen LogP contribution < -0.4 is 5.32 Å². The lowest BCUT2D eigenvalue weighted by Gasteiger charge is -2.46. The van der Waals surface area contributed by atoms with Crippen LogP contribution in [0.4, 0.5) is 4.79 Å². The first kappa shape index (κ1) is 28.3. The Labute approximate surface area is 233 Å². The Morgan fingerprint density at radius 1 is 1.26 bits per heavy atom. The van der Waals surface area contributed by atoms with Gasteiger partial charge in [0.05, 0.1) is 23.8 Å². The van der Waals surface area contributed by atoms with Gasteiger partial charge >= 0.3 is 12.1 Å². The summed E-state index contributed by atoms with van der Waals surface area (Å²) < 4.78 is 10.8. The fourth-order valence-electron chi connectivity index (χ4n) is 4.53. The van der Waals surface area contributed by atoms with E-state index in [1.165, 1.54) is 40.2 Å². The summed E-state index contributed by atoms with van der Waals surface area (Å²) in [5.41, 5.74) is 2.19. The van der Waals surface area contributed by atoms with Gasteiger partial charge in [-0.2, -0.15) is 0 Å². The number of hydrogen-bond donors (Lipinski definition) is 3. The number of fused-ring (bicyclic) bond motifs is 1. The fourth-order valence-corrected chi connectivity index (χ4v) is 6.63. The van der Waals surface area contributed by atoms with Gasteiger partial charge in [-0.25, -0.2) is 14.6 Å². The van der Waals surface area contributed by atoms with E-state index in [4.69, 9.17) is 19.9 Å². The van der Waals surface area contributed by atoms with E-state index in [1.807, 2.05) is 12.3 Å². The molecule has 1 fully saturated rings. The summed E-state index contributed by atoms with van der Waals surface area (Å²) in [6.45, 7) is 10.6. The number of β-lactam (4-membered cyclic amide) rings is 1. The Morgan fingerprint density at radius 2 is 1.92 bits per heavy atom. The lowest BCUT2D eigenvalue weighted by Crippen LogP contribution is -2.63. The zero-order chi connectivity index (χ0) is 28.3. The second-order valence-corrected chi connectivity index (χ2v) is 11.1. The maximum absolute atomic E-state index is 12.9. The summed E-state index contributed by atoms with van der Waals surface area (Å²) in [5, 5.41) is 22.4. The van der Waals surface area contributed by atoms with Crippen LogP contribution in [0.25, 0.3) is 11.3 Å². The maximum atomic E-state index is 12.9. The van der Waals surface area contributed by atoms with E-state index in [1.54, 1.807) is 31.2 Å². The van der Waals surface area contributed by atoms with Crippen LogP contribution in [0.5, 0.6) is 0 Å². The van der Waals surface area contributed by atoms with Gasteiger partial charge in [0.2, 0.25) is 5.91 Å². The Balaban J connectivity index is 1.52. The molecule has 39 heavy (non-hydrogen) atoms. The average molecular weight is 569 g/mol. The molecule has 0 saturated carbocycles. The molecular weight excluding hydrogens is 540 g/mol. The molecule has 0 bridgehead atoms. The number of benzene rings is 1. The van der Waals surface area contributed by atoms with Crippen LogP contribution in [-0.2, 0) is 19.1 Å². The lowest BCUT2D eigenvalue weighted by molar-refractivity contribution is -0.164. The van der Waals surface area contributed by atoms with Crippen LogP contribution in [-0.4, -0.2) is 64.2 Å². The standard InChI is InChI=1S/C27H28N4O6S2/c1-5-11-36-25(34)21-22(14(3)20-19(15(4)32)24(33)31(20)21)39-27-29-18(13-38-27)16-7-9-17(10-8-16)23(28)30-26(35)37-12-6-2/h5-10,13-15,19-20,32H,1-2,11-12H2,3-4H3,(H2,28,30,35)/t14-,15-,19-,20-/m1/s1. The summed E-state index contributed by atoms with van der Waals surface area (Å²) >= 11 is 2.71. The smallest absolute Gasteiger partial charge is 0.413 e. The van der Waals surface area contributed by atoms with E-state index >= 15 is 0 Å². The number of alkyl carbamates (subject to hydrolysis) is 1. The number of nitrogens with zero attached hydrogens (tertiary/aromatic N) is 2. The number of aromatic nitrogens is 1. The number of aliphatic hydroxyl groups is 1. The van der Waals surface area contributed by atoms with Crippen molar-refractivity contribution in [2.45, 2.75) is 30.3 Å². The van der Waals surface area contributed by atoms with Crippen LogP contribution >= 0.6 is 23.1 Å². The summed E-state index contributed by atoms with van der Waals surface area (Å²) in [6.07, 6.45) is 1.33. The predicted octanol–water partition coefficient (Wildman–Crippen LogP) is 3.94. The fraction of sp³-hybridized carbons (Fsp3) is 0.296. The zero-order valence-electron chi connectivity index (χ0n) is 21.4. The quantitative estimate of drug-likeness (QED) is 0.129. The van der Waals surface area contributed by atoms with Gasteiger partial charge in [0.15, 0.2) is 4.34 Å². The summed E-state index contributed by atoms with van der Waals surface area (Å²) in [4.78, 5) is 44.2. The van der Waals surface area contributed by atoms with Gasteiger partial charge in [0.1, 0.15) is 24.7 Å². The van der Waals surface area contributed by atoms with Gasteiger partial charge in [0.25, 0.3) is 0 Å². The number of hydrogen-bond acceptors (Lipinski definition) is 10. The van der Waals surface area contributed by atoms with E-state index in [0.717, 1.165) is 5.56 Å². The number of rotatable bonds is 10. The molecule has 2 amide bonds. The molecule has 12 heteroatoms. The predicted molar refractivity (Wildman–Crippen MR) is 148 cm³/mol. The van der Waals surface area contributed by atoms with Gasteiger partial charge in [-0.05, 0) is 6.92 Å². The lowest BCUT2D eigenvalue weighted by atomic mass is 9.79. The van der Waals surface area contributed by atoms with Gasteiger partial charge in [0, 0.05) is 27.3 Å². The van der Waals surface area contributed by atoms with Crippen molar-refractivity contribution in [2.24, 2.45) is 11.8 Å². The van der Waals surface area contributed by atoms with Crippen molar-refractivity contribution in [1.29, 1.82) is 5.41 Å². The molecule has 0 aliphatic carbocycles. The van der Waals surface area contributed by atoms with E-state index in [2.05, 4.69) is 18.5 Å². The third-order valence-corrected chi connectivity index (χ3v) is 8.57. The molecular formula is C27H28N4O6S2. The molecule has 2 aliphatic rings. The first-order chi connectivity index (χ1) is 18.7. The topological polar surface area (TPSA) is 142 Å². The summed E-state index contributed by atoms with van der Waals surface area (Å²) in [7, 11) is 0. The van der Waals surface area contributed by atoms with Crippen molar-refractivity contribution in [3.8, 4) is 11.3 Å². The Bertz CT molecular complexity index is 1350. The van der Waals surface area contributed by atoms with Crippen LogP contribution in [0.2, 0.25) is 0 Å². The minimum atomic E-state index is -0.833. The maximum Gasteiger partial charge on any atom is 0.413 e. The number of nitrogens with one attached hydrogen (secondary N) is 2. The first-order valence-electron chi connectivity index (χ1n) is 12.1.